The molecule has 0 saturated carbocycles. The first-order valence-electron chi connectivity index (χ1n) is 8.56. The van der Waals surface area contributed by atoms with E-state index in [2.05, 4.69) is 52.1 Å². The molecule has 0 radical (unpaired) electrons. The third kappa shape index (κ3) is 6.52. The Balaban J connectivity index is 1.85. The van der Waals surface area contributed by atoms with Crippen molar-refractivity contribution in [3.05, 3.63) is 64.1 Å². The van der Waals surface area contributed by atoms with Gasteiger partial charge in [-0.05, 0) is 48.5 Å². The SMILES string of the molecule is CCN(CC)Cc1ccccc1CNC(=O)COc1ccc(Br)cc1. The zero-order valence-corrected chi connectivity index (χ0v) is 16.4. The Labute approximate surface area is 158 Å². The van der Waals surface area contributed by atoms with Gasteiger partial charge in [-0.3, -0.25) is 9.69 Å². The van der Waals surface area contributed by atoms with Gasteiger partial charge < -0.3 is 10.1 Å². The molecule has 0 aromatic heterocycles. The maximum atomic E-state index is 12.0. The maximum absolute atomic E-state index is 12.0. The second-order valence-corrected chi connectivity index (χ2v) is 6.67. The van der Waals surface area contributed by atoms with E-state index < -0.39 is 0 Å². The standard InChI is InChI=1S/C20H25BrN2O2/c1-3-23(4-2)14-17-8-6-5-7-16(17)13-22-20(24)15-25-19-11-9-18(21)10-12-19/h5-12H,3-4,13-15H2,1-2H3,(H,22,24). The molecule has 0 spiro atoms. The minimum atomic E-state index is -0.124. The first-order chi connectivity index (χ1) is 12.1. The first kappa shape index (κ1) is 19.5. The lowest BCUT2D eigenvalue weighted by molar-refractivity contribution is -0.123. The van der Waals surface area contributed by atoms with E-state index in [4.69, 9.17) is 4.74 Å². The van der Waals surface area contributed by atoms with E-state index in [-0.39, 0.29) is 12.5 Å². The number of amides is 1. The average molecular weight is 405 g/mol. The summed E-state index contributed by atoms with van der Waals surface area (Å²) in [7, 11) is 0. The van der Waals surface area contributed by atoms with Gasteiger partial charge in [0.25, 0.3) is 5.91 Å². The second kappa shape index (κ2) is 10.2. The number of benzene rings is 2. The van der Waals surface area contributed by atoms with Crippen molar-refractivity contribution in [3.63, 3.8) is 0 Å². The topological polar surface area (TPSA) is 41.6 Å². The molecule has 0 fully saturated rings. The van der Waals surface area contributed by atoms with E-state index in [1.165, 1.54) is 5.56 Å². The molecule has 25 heavy (non-hydrogen) atoms. The van der Waals surface area contributed by atoms with Crippen LogP contribution in [0.4, 0.5) is 0 Å². The van der Waals surface area contributed by atoms with Crippen LogP contribution in [-0.2, 0) is 17.9 Å². The number of rotatable bonds is 9. The predicted molar refractivity (Wildman–Crippen MR) is 105 cm³/mol. The molecule has 0 aliphatic carbocycles. The van der Waals surface area contributed by atoms with Crippen molar-refractivity contribution in [2.75, 3.05) is 19.7 Å². The molecule has 2 aromatic carbocycles. The summed E-state index contributed by atoms with van der Waals surface area (Å²) in [5.74, 6) is 0.556. The molecule has 2 rings (SSSR count). The highest BCUT2D eigenvalue weighted by Gasteiger charge is 2.08. The summed E-state index contributed by atoms with van der Waals surface area (Å²) >= 11 is 3.37. The lowest BCUT2D eigenvalue weighted by atomic mass is 10.1. The molecular weight excluding hydrogens is 380 g/mol. The number of hydrogen-bond donors (Lipinski definition) is 1. The Bertz CT molecular complexity index is 670. The number of hydrogen-bond acceptors (Lipinski definition) is 3. The number of nitrogens with one attached hydrogen (secondary N) is 1. The van der Waals surface area contributed by atoms with Crippen LogP contribution in [0.2, 0.25) is 0 Å². The summed E-state index contributed by atoms with van der Waals surface area (Å²) in [6.45, 7) is 7.77. The van der Waals surface area contributed by atoms with Gasteiger partial charge in [-0.15, -0.1) is 0 Å². The number of halogens is 1. The van der Waals surface area contributed by atoms with Gasteiger partial charge in [0.1, 0.15) is 5.75 Å². The van der Waals surface area contributed by atoms with Gasteiger partial charge in [-0.2, -0.15) is 0 Å². The van der Waals surface area contributed by atoms with Crippen LogP contribution in [0.1, 0.15) is 25.0 Å². The molecule has 0 atom stereocenters. The van der Waals surface area contributed by atoms with Crippen molar-refractivity contribution >= 4 is 21.8 Å². The van der Waals surface area contributed by atoms with Crippen LogP contribution in [0, 0.1) is 0 Å². The van der Waals surface area contributed by atoms with Gasteiger partial charge in [0.15, 0.2) is 6.61 Å². The fourth-order valence-electron chi connectivity index (χ4n) is 2.50. The van der Waals surface area contributed by atoms with Crippen LogP contribution in [-0.4, -0.2) is 30.5 Å². The number of carbonyl (C=O) groups is 1. The van der Waals surface area contributed by atoms with E-state index in [1.54, 1.807) is 0 Å². The summed E-state index contributed by atoms with van der Waals surface area (Å²) < 4.78 is 6.48. The molecule has 0 aliphatic heterocycles. The van der Waals surface area contributed by atoms with Crippen molar-refractivity contribution < 1.29 is 9.53 Å². The van der Waals surface area contributed by atoms with E-state index in [9.17, 15) is 4.79 Å². The summed E-state index contributed by atoms with van der Waals surface area (Å²) in [5, 5.41) is 2.94. The quantitative estimate of drug-likeness (QED) is 0.686. The zero-order valence-electron chi connectivity index (χ0n) is 14.8. The lowest BCUT2D eigenvalue weighted by Gasteiger charge is -2.20. The predicted octanol–water partition coefficient (Wildman–Crippen LogP) is 3.99. The largest absolute Gasteiger partial charge is 0.484 e. The molecular formula is C20H25BrN2O2. The van der Waals surface area contributed by atoms with Crippen molar-refractivity contribution in [2.24, 2.45) is 0 Å². The Hall–Kier alpha value is -1.85. The molecule has 1 N–H and O–H groups in total. The van der Waals surface area contributed by atoms with Crippen LogP contribution >= 0.6 is 15.9 Å². The highest BCUT2D eigenvalue weighted by molar-refractivity contribution is 9.10. The van der Waals surface area contributed by atoms with Crippen LogP contribution in [0.15, 0.2) is 53.0 Å². The van der Waals surface area contributed by atoms with Crippen molar-refractivity contribution in [3.8, 4) is 5.75 Å². The number of nitrogens with zero attached hydrogens (tertiary/aromatic N) is 1. The second-order valence-electron chi connectivity index (χ2n) is 5.75. The van der Waals surface area contributed by atoms with Gasteiger partial charge in [0.2, 0.25) is 0 Å². The van der Waals surface area contributed by atoms with Crippen molar-refractivity contribution in [2.45, 2.75) is 26.9 Å². The van der Waals surface area contributed by atoms with Gasteiger partial charge in [0, 0.05) is 17.6 Å². The smallest absolute Gasteiger partial charge is 0.258 e. The summed E-state index contributed by atoms with van der Waals surface area (Å²) in [6, 6.07) is 15.7. The van der Waals surface area contributed by atoms with E-state index in [1.807, 2.05) is 36.4 Å². The minimum Gasteiger partial charge on any atom is -0.484 e. The number of ether oxygens (including phenoxy) is 1. The third-order valence-corrected chi connectivity index (χ3v) is 4.60. The maximum Gasteiger partial charge on any atom is 0.258 e. The van der Waals surface area contributed by atoms with Crippen LogP contribution in [0.5, 0.6) is 5.75 Å². The molecule has 0 bridgehead atoms. The van der Waals surface area contributed by atoms with Crippen LogP contribution in [0.3, 0.4) is 0 Å². The van der Waals surface area contributed by atoms with Crippen LogP contribution < -0.4 is 10.1 Å². The fourth-order valence-corrected chi connectivity index (χ4v) is 2.76. The third-order valence-electron chi connectivity index (χ3n) is 4.07. The molecule has 4 nitrogen and oxygen atoms in total. The van der Waals surface area contributed by atoms with E-state index in [0.29, 0.717) is 12.3 Å². The van der Waals surface area contributed by atoms with Crippen molar-refractivity contribution in [1.82, 2.24) is 10.2 Å². The molecule has 0 unspecified atom stereocenters. The normalized spacial score (nSPS) is 10.7. The lowest BCUT2D eigenvalue weighted by Crippen LogP contribution is -2.29. The molecule has 134 valence electrons. The van der Waals surface area contributed by atoms with Crippen LogP contribution in [0.25, 0.3) is 0 Å². The Morgan fingerprint density at radius 2 is 1.68 bits per heavy atom. The summed E-state index contributed by atoms with van der Waals surface area (Å²) in [4.78, 5) is 14.4. The molecule has 1 amide bonds. The molecule has 2 aromatic rings. The number of carbonyl (C=O) groups excluding carboxylic acids is 1. The fraction of sp³-hybridized carbons (Fsp3) is 0.350. The Morgan fingerprint density at radius 3 is 2.32 bits per heavy atom. The van der Waals surface area contributed by atoms with E-state index >= 15 is 0 Å². The first-order valence-corrected chi connectivity index (χ1v) is 9.35. The van der Waals surface area contributed by atoms with Gasteiger partial charge >= 0.3 is 0 Å². The van der Waals surface area contributed by atoms with Gasteiger partial charge in [-0.25, -0.2) is 0 Å². The minimum absolute atomic E-state index is 0.0137. The highest BCUT2D eigenvalue weighted by Crippen LogP contribution is 2.16. The van der Waals surface area contributed by atoms with Crippen molar-refractivity contribution in [1.29, 1.82) is 0 Å². The van der Waals surface area contributed by atoms with Gasteiger partial charge in [0.05, 0.1) is 0 Å². The molecule has 0 saturated heterocycles. The Kier molecular flexibility index (Phi) is 7.95. The average Bonchev–Trinajstić information content (AvgIpc) is 2.64. The molecule has 5 heteroatoms. The zero-order chi connectivity index (χ0) is 18.1. The van der Waals surface area contributed by atoms with E-state index in [0.717, 1.165) is 29.7 Å². The summed E-state index contributed by atoms with van der Waals surface area (Å²) in [5.41, 5.74) is 2.40. The Morgan fingerprint density at radius 1 is 1.04 bits per heavy atom. The highest BCUT2D eigenvalue weighted by atomic mass is 79.9. The summed E-state index contributed by atoms with van der Waals surface area (Å²) in [6.07, 6.45) is 0. The van der Waals surface area contributed by atoms with Gasteiger partial charge in [-0.1, -0.05) is 54.0 Å². The molecule has 0 aliphatic rings. The molecule has 0 heterocycles. The monoisotopic (exact) mass is 404 g/mol.